The second-order valence-corrected chi connectivity index (χ2v) is 5.67. The van der Waals surface area contributed by atoms with Crippen LogP contribution in [0.25, 0.3) is 22.6 Å². The molecule has 0 bridgehead atoms. The molecule has 0 N–H and O–H groups in total. The molecule has 0 aliphatic rings. The molecule has 3 rings (SSSR count). The van der Waals surface area contributed by atoms with E-state index >= 15 is 0 Å². The van der Waals surface area contributed by atoms with Crippen molar-refractivity contribution in [1.82, 2.24) is 4.98 Å². The van der Waals surface area contributed by atoms with Gasteiger partial charge in [0.2, 0.25) is 5.89 Å². The molecule has 0 aliphatic carbocycles. The summed E-state index contributed by atoms with van der Waals surface area (Å²) >= 11 is 0. The summed E-state index contributed by atoms with van der Waals surface area (Å²) in [5.74, 6) is 1.25. The smallest absolute Gasteiger partial charge is 0.227 e. The van der Waals surface area contributed by atoms with Crippen molar-refractivity contribution >= 4 is 11.1 Å². The first-order chi connectivity index (χ1) is 9.56. The first-order valence-electron chi connectivity index (χ1n) is 7.03. The second kappa shape index (κ2) is 4.78. The summed E-state index contributed by atoms with van der Waals surface area (Å²) in [6.45, 7) is 8.58. The van der Waals surface area contributed by atoms with E-state index < -0.39 is 0 Å². The molecular formula is C18H19NO. The summed E-state index contributed by atoms with van der Waals surface area (Å²) in [7, 11) is 0. The van der Waals surface area contributed by atoms with E-state index in [1.165, 1.54) is 11.1 Å². The van der Waals surface area contributed by atoms with Crippen molar-refractivity contribution in [3.63, 3.8) is 0 Å². The number of para-hydroxylation sites is 1. The lowest BCUT2D eigenvalue weighted by Gasteiger charge is -2.08. The number of aryl methyl sites for hydroxylation is 2. The predicted molar refractivity (Wildman–Crippen MR) is 83.0 cm³/mol. The average Bonchev–Trinajstić information content (AvgIpc) is 2.83. The molecule has 0 aliphatic heterocycles. The summed E-state index contributed by atoms with van der Waals surface area (Å²) in [4.78, 5) is 4.65. The van der Waals surface area contributed by atoms with Gasteiger partial charge in [-0.3, -0.25) is 0 Å². The third-order valence-corrected chi connectivity index (χ3v) is 3.77. The van der Waals surface area contributed by atoms with Gasteiger partial charge in [-0.05, 0) is 48.6 Å². The molecule has 0 spiro atoms. The quantitative estimate of drug-likeness (QED) is 0.633. The number of benzene rings is 2. The van der Waals surface area contributed by atoms with Crippen LogP contribution in [0.1, 0.15) is 36.5 Å². The van der Waals surface area contributed by atoms with Crippen LogP contribution in [0.15, 0.2) is 40.8 Å². The Morgan fingerprint density at radius 2 is 1.80 bits per heavy atom. The fraction of sp³-hybridized carbons (Fsp3) is 0.278. The Kier molecular flexibility index (Phi) is 3.09. The van der Waals surface area contributed by atoms with E-state index in [-0.39, 0.29) is 0 Å². The molecule has 1 aromatic heterocycles. The molecule has 0 fully saturated rings. The molecule has 2 nitrogen and oxygen atoms in total. The maximum absolute atomic E-state index is 5.90. The molecule has 2 aromatic carbocycles. The van der Waals surface area contributed by atoms with Crippen molar-refractivity contribution < 1.29 is 4.42 Å². The first-order valence-corrected chi connectivity index (χ1v) is 7.03. The lowest BCUT2D eigenvalue weighted by atomic mass is 9.98. The van der Waals surface area contributed by atoms with Gasteiger partial charge in [0.15, 0.2) is 5.58 Å². The van der Waals surface area contributed by atoms with Gasteiger partial charge in [-0.2, -0.15) is 0 Å². The zero-order valence-corrected chi connectivity index (χ0v) is 12.4. The number of nitrogens with zero attached hydrogens (tertiary/aromatic N) is 1. The van der Waals surface area contributed by atoms with E-state index in [1.807, 2.05) is 12.1 Å². The van der Waals surface area contributed by atoms with Crippen LogP contribution < -0.4 is 0 Å². The number of oxazole rings is 1. The van der Waals surface area contributed by atoms with Gasteiger partial charge in [0.25, 0.3) is 0 Å². The number of aromatic nitrogens is 1. The SMILES string of the molecule is Cc1cc(C(C)C)ccc1-c1nc2c(C)cccc2o1. The molecule has 0 radical (unpaired) electrons. The minimum Gasteiger partial charge on any atom is -0.436 e. The van der Waals surface area contributed by atoms with E-state index in [1.54, 1.807) is 0 Å². The molecule has 2 heteroatoms. The van der Waals surface area contributed by atoms with Crippen molar-refractivity contribution in [2.45, 2.75) is 33.6 Å². The average molecular weight is 265 g/mol. The van der Waals surface area contributed by atoms with Gasteiger partial charge in [-0.25, -0.2) is 4.98 Å². The largest absolute Gasteiger partial charge is 0.436 e. The molecule has 3 aromatic rings. The molecule has 0 atom stereocenters. The molecule has 1 heterocycles. The topological polar surface area (TPSA) is 26.0 Å². The summed E-state index contributed by atoms with van der Waals surface area (Å²) in [6.07, 6.45) is 0. The number of hydrogen-bond acceptors (Lipinski definition) is 2. The Morgan fingerprint density at radius 3 is 2.45 bits per heavy atom. The van der Waals surface area contributed by atoms with E-state index in [4.69, 9.17) is 4.42 Å². The van der Waals surface area contributed by atoms with Crippen molar-refractivity contribution in [3.8, 4) is 11.5 Å². The Bertz CT molecular complexity index is 768. The van der Waals surface area contributed by atoms with Gasteiger partial charge in [0, 0.05) is 5.56 Å². The van der Waals surface area contributed by atoms with Crippen LogP contribution in [0, 0.1) is 13.8 Å². The first kappa shape index (κ1) is 12.9. The Labute approximate surface area is 119 Å². The van der Waals surface area contributed by atoms with Crippen molar-refractivity contribution in [2.75, 3.05) is 0 Å². The standard InChI is InChI=1S/C18H19NO/c1-11(2)14-8-9-15(13(4)10-14)18-19-17-12(3)6-5-7-16(17)20-18/h5-11H,1-4H3. The van der Waals surface area contributed by atoms with Crippen LogP contribution in [-0.2, 0) is 0 Å². The van der Waals surface area contributed by atoms with Gasteiger partial charge < -0.3 is 4.42 Å². The van der Waals surface area contributed by atoms with Crippen LogP contribution in [0.4, 0.5) is 0 Å². The molecular weight excluding hydrogens is 246 g/mol. The fourth-order valence-electron chi connectivity index (χ4n) is 2.49. The van der Waals surface area contributed by atoms with Gasteiger partial charge >= 0.3 is 0 Å². The summed E-state index contributed by atoms with van der Waals surface area (Å²) < 4.78 is 5.90. The molecule has 0 amide bonds. The summed E-state index contributed by atoms with van der Waals surface area (Å²) in [6, 6.07) is 12.5. The highest BCUT2D eigenvalue weighted by molar-refractivity contribution is 5.79. The molecule has 0 unspecified atom stereocenters. The monoisotopic (exact) mass is 265 g/mol. The Balaban J connectivity index is 2.13. The fourth-order valence-corrected chi connectivity index (χ4v) is 2.49. The Hall–Kier alpha value is -2.09. The van der Waals surface area contributed by atoms with Gasteiger partial charge in [-0.1, -0.05) is 38.1 Å². The maximum Gasteiger partial charge on any atom is 0.227 e. The highest BCUT2D eigenvalue weighted by atomic mass is 16.3. The van der Waals surface area contributed by atoms with Crippen molar-refractivity contribution in [3.05, 3.63) is 53.1 Å². The number of hydrogen-bond donors (Lipinski definition) is 0. The van der Waals surface area contributed by atoms with Crippen LogP contribution in [-0.4, -0.2) is 4.98 Å². The molecule has 0 saturated carbocycles. The van der Waals surface area contributed by atoms with E-state index in [0.717, 1.165) is 22.2 Å². The number of rotatable bonds is 2. The third kappa shape index (κ3) is 2.11. The third-order valence-electron chi connectivity index (χ3n) is 3.77. The van der Waals surface area contributed by atoms with Crippen LogP contribution in [0.2, 0.25) is 0 Å². The zero-order valence-electron chi connectivity index (χ0n) is 12.4. The maximum atomic E-state index is 5.90. The van der Waals surface area contributed by atoms with Gasteiger partial charge in [0.1, 0.15) is 5.52 Å². The minimum atomic E-state index is 0.536. The van der Waals surface area contributed by atoms with Gasteiger partial charge in [0.05, 0.1) is 0 Å². The van der Waals surface area contributed by atoms with Crippen LogP contribution >= 0.6 is 0 Å². The lowest BCUT2D eigenvalue weighted by Crippen LogP contribution is -1.90. The highest BCUT2D eigenvalue weighted by Crippen LogP contribution is 2.29. The molecule has 102 valence electrons. The van der Waals surface area contributed by atoms with Crippen LogP contribution in [0.3, 0.4) is 0 Å². The summed E-state index contributed by atoms with van der Waals surface area (Å²) in [5, 5.41) is 0. The van der Waals surface area contributed by atoms with Crippen molar-refractivity contribution in [1.29, 1.82) is 0 Å². The summed E-state index contributed by atoms with van der Waals surface area (Å²) in [5.41, 5.74) is 6.58. The van der Waals surface area contributed by atoms with Crippen molar-refractivity contribution in [2.24, 2.45) is 0 Å². The van der Waals surface area contributed by atoms with E-state index in [0.29, 0.717) is 11.8 Å². The van der Waals surface area contributed by atoms with E-state index in [2.05, 4.69) is 56.9 Å². The van der Waals surface area contributed by atoms with Gasteiger partial charge in [-0.15, -0.1) is 0 Å². The normalized spacial score (nSPS) is 11.4. The van der Waals surface area contributed by atoms with Crippen LogP contribution in [0.5, 0.6) is 0 Å². The minimum absolute atomic E-state index is 0.536. The second-order valence-electron chi connectivity index (χ2n) is 5.67. The highest BCUT2D eigenvalue weighted by Gasteiger charge is 2.12. The number of fused-ring (bicyclic) bond motifs is 1. The van der Waals surface area contributed by atoms with E-state index in [9.17, 15) is 0 Å². The molecule has 20 heavy (non-hydrogen) atoms. The Morgan fingerprint density at radius 1 is 1.00 bits per heavy atom. The zero-order chi connectivity index (χ0) is 14.3. The predicted octanol–water partition coefficient (Wildman–Crippen LogP) is 5.24. The lowest BCUT2D eigenvalue weighted by molar-refractivity contribution is 0.619. The molecule has 0 saturated heterocycles.